The molecule has 0 N–H and O–H groups in total. The fourth-order valence-electron chi connectivity index (χ4n) is 1.28. The smallest absolute Gasteiger partial charge is 0.187 e. The average Bonchev–Trinajstić information content (AvgIpc) is 2.37. The van der Waals surface area contributed by atoms with E-state index in [1.165, 1.54) is 6.08 Å². The lowest BCUT2D eigenvalue weighted by Crippen LogP contribution is -1.95. The van der Waals surface area contributed by atoms with Crippen molar-refractivity contribution in [1.29, 1.82) is 0 Å². The molecule has 4 heteroatoms. The quantitative estimate of drug-likeness (QED) is 0.492. The van der Waals surface area contributed by atoms with E-state index in [4.69, 9.17) is 0 Å². The van der Waals surface area contributed by atoms with Gasteiger partial charge in [0.05, 0.1) is 5.69 Å². The maximum atomic E-state index is 11.8. The molecule has 2 aromatic heterocycles. The van der Waals surface area contributed by atoms with Gasteiger partial charge in [-0.3, -0.25) is 14.8 Å². The molecule has 0 aliphatic heterocycles. The Morgan fingerprint density at radius 3 is 2.88 bits per heavy atom. The van der Waals surface area contributed by atoms with Crippen molar-refractivity contribution in [3.63, 3.8) is 0 Å². The van der Waals surface area contributed by atoms with Crippen LogP contribution in [0.1, 0.15) is 16.1 Å². The summed E-state index contributed by atoms with van der Waals surface area (Å²) in [5, 5.41) is 0. The Kier molecular flexibility index (Phi) is 3.98. The van der Waals surface area contributed by atoms with Gasteiger partial charge in [0.1, 0.15) is 0 Å². The summed E-state index contributed by atoms with van der Waals surface area (Å²) in [5.74, 6) is -0.0679. The van der Waals surface area contributed by atoms with E-state index < -0.39 is 0 Å². The summed E-state index contributed by atoms with van der Waals surface area (Å²) in [5.41, 5.74) is 1.35. The summed E-state index contributed by atoms with van der Waals surface area (Å²) in [7, 11) is 0. The number of aromatic nitrogens is 2. The molecule has 0 saturated heterocycles. The van der Waals surface area contributed by atoms with Gasteiger partial charge in [0.25, 0.3) is 0 Å². The van der Waals surface area contributed by atoms with E-state index in [-0.39, 0.29) is 5.78 Å². The number of hydrogen-bond donors (Lipinski definition) is 0. The molecule has 2 heterocycles. The van der Waals surface area contributed by atoms with Crippen molar-refractivity contribution in [3.8, 4) is 0 Å². The molecule has 84 valence electrons. The van der Waals surface area contributed by atoms with Crippen LogP contribution < -0.4 is 0 Å². The van der Waals surface area contributed by atoms with Crippen LogP contribution in [0.15, 0.2) is 48.9 Å². The van der Waals surface area contributed by atoms with E-state index in [0.717, 1.165) is 9.26 Å². The fraction of sp³-hybridized carbons (Fsp3) is 0. The van der Waals surface area contributed by atoms with Crippen molar-refractivity contribution in [1.82, 2.24) is 9.97 Å². The summed E-state index contributed by atoms with van der Waals surface area (Å²) in [6, 6.07) is 7.36. The van der Waals surface area contributed by atoms with E-state index >= 15 is 0 Å². The molecule has 0 aromatic carbocycles. The van der Waals surface area contributed by atoms with Crippen LogP contribution in [0.5, 0.6) is 0 Å². The second-order valence-electron chi connectivity index (χ2n) is 3.34. The van der Waals surface area contributed by atoms with Gasteiger partial charge in [-0.1, -0.05) is 6.07 Å². The van der Waals surface area contributed by atoms with Crippen LogP contribution in [0.4, 0.5) is 0 Å². The van der Waals surface area contributed by atoms with Gasteiger partial charge in [-0.25, -0.2) is 0 Å². The van der Waals surface area contributed by atoms with Crippen molar-refractivity contribution in [2.24, 2.45) is 0 Å². The first-order valence-electron chi connectivity index (χ1n) is 5.00. The van der Waals surface area contributed by atoms with Crippen molar-refractivity contribution < 1.29 is 4.79 Å². The number of rotatable bonds is 3. The predicted molar refractivity (Wildman–Crippen MR) is 74.6 cm³/mol. The van der Waals surface area contributed by atoms with E-state index in [1.807, 2.05) is 18.2 Å². The first kappa shape index (κ1) is 11.9. The number of carbonyl (C=O) groups excluding carboxylic acids is 1. The predicted octanol–water partition coefficient (Wildman–Crippen LogP) is 2.98. The van der Waals surface area contributed by atoms with Crippen LogP contribution in [0.3, 0.4) is 0 Å². The summed E-state index contributed by atoms with van der Waals surface area (Å²) in [4.78, 5) is 19.9. The second kappa shape index (κ2) is 5.67. The SMILES string of the molecule is O=C(C=Cc1ccccn1)c1cncc(I)c1. The number of nitrogens with zero attached hydrogens (tertiary/aromatic N) is 2. The number of pyridine rings is 2. The third-order valence-electron chi connectivity index (χ3n) is 2.08. The van der Waals surface area contributed by atoms with Crippen LogP contribution in [0.2, 0.25) is 0 Å². The van der Waals surface area contributed by atoms with Crippen LogP contribution >= 0.6 is 22.6 Å². The highest BCUT2D eigenvalue weighted by molar-refractivity contribution is 14.1. The molecule has 3 nitrogen and oxygen atoms in total. The van der Waals surface area contributed by atoms with Crippen LogP contribution in [-0.4, -0.2) is 15.8 Å². The van der Waals surface area contributed by atoms with Crippen molar-refractivity contribution >= 4 is 34.5 Å². The Hall–Kier alpha value is -1.56. The van der Waals surface area contributed by atoms with Crippen molar-refractivity contribution in [3.05, 3.63) is 63.8 Å². The van der Waals surface area contributed by atoms with E-state index in [9.17, 15) is 4.79 Å². The number of carbonyl (C=O) groups is 1. The first-order chi connectivity index (χ1) is 8.25. The van der Waals surface area contributed by atoms with Crippen LogP contribution in [-0.2, 0) is 0 Å². The molecular weight excluding hydrogens is 327 g/mol. The largest absolute Gasteiger partial charge is 0.289 e. The molecule has 2 aromatic rings. The molecule has 0 unspecified atom stereocenters. The zero-order chi connectivity index (χ0) is 12.1. The Morgan fingerprint density at radius 2 is 2.18 bits per heavy atom. The maximum absolute atomic E-state index is 11.8. The highest BCUT2D eigenvalue weighted by Gasteiger charge is 2.02. The number of hydrogen-bond acceptors (Lipinski definition) is 3. The van der Waals surface area contributed by atoms with Crippen LogP contribution in [0, 0.1) is 3.57 Å². The molecule has 0 aliphatic carbocycles. The summed E-state index contributed by atoms with van der Waals surface area (Å²) in [6.07, 6.45) is 8.17. The summed E-state index contributed by atoms with van der Waals surface area (Å²) < 4.78 is 0.944. The Labute approximate surface area is 113 Å². The topological polar surface area (TPSA) is 42.9 Å². The minimum atomic E-state index is -0.0679. The minimum absolute atomic E-state index is 0.0679. The van der Waals surface area contributed by atoms with Gasteiger partial charge < -0.3 is 0 Å². The van der Waals surface area contributed by atoms with Gasteiger partial charge in [0, 0.05) is 27.7 Å². The molecule has 0 fully saturated rings. The second-order valence-corrected chi connectivity index (χ2v) is 4.59. The van der Waals surface area contributed by atoms with Gasteiger partial charge in [-0.15, -0.1) is 0 Å². The third-order valence-corrected chi connectivity index (χ3v) is 2.67. The average molecular weight is 336 g/mol. The molecule has 17 heavy (non-hydrogen) atoms. The van der Waals surface area contributed by atoms with Gasteiger partial charge in [0.15, 0.2) is 5.78 Å². The Morgan fingerprint density at radius 1 is 1.29 bits per heavy atom. The zero-order valence-corrected chi connectivity index (χ0v) is 11.0. The highest BCUT2D eigenvalue weighted by atomic mass is 127. The van der Waals surface area contributed by atoms with E-state index in [2.05, 4.69) is 32.6 Å². The van der Waals surface area contributed by atoms with Crippen molar-refractivity contribution in [2.75, 3.05) is 0 Å². The lowest BCUT2D eigenvalue weighted by Gasteiger charge is -1.95. The number of allylic oxidation sites excluding steroid dienone is 1. The molecule has 2 rings (SSSR count). The monoisotopic (exact) mass is 336 g/mol. The zero-order valence-electron chi connectivity index (χ0n) is 8.88. The van der Waals surface area contributed by atoms with E-state index in [1.54, 1.807) is 30.7 Å². The molecule has 0 bridgehead atoms. The van der Waals surface area contributed by atoms with Gasteiger partial charge in [-0.05, 0) is 52.9 Å². The summed E-state index contributed by atoms with van der Waals surface area (Å²) >= 11 is 2.13. The lowest BCUT2D eigenvalue weighted by atomic mass is 10.1. The molecule has 0 aliphatic rings. The minimum Gasteiger partial charge on any atom is -0.289 e. The summed E-state index contributed by atoms with van der Waals surface area (Å²) in [6.45, 7) is 0. The molecule has 0 saturated carbocycles. The van der Waals surface area contributed by atoms with E-state index in [0.29, 0.717) is 5.56 Å². The van der Waals surface area contributed by atoms with Crippen molar-refractivity contribution in [2.45, 2.75) is 0 Å². The highest BCUT2D eigenvalue weighted by Crippen LogP contribution is 2.07. The standard InChI is InChI=1S/C13H9IN2O/c14-11-7-10(8-15-9-11)13(17)5-4-12-3-1-2-6-16-12/h1-9H. The number of ketones is 1. The third kappa shape index (κ3) is 3.45. The van der Waals surface area contributed by atoms with Gasteiger partial charge in [-0.2, -0.15) is 0 Å². The number of halogens is 1. The Balaban J connectivity index is 2.15. The Bertz CT molecular complexity index is 552. The van der Waals surface area contributed by atoms with Gasteiger partial charge >= 0.3 is 0 Å². The molecular formula is C13H9IN2O. The fourth-order valence-corrected chi connectivity index (χ4v) is 1.77. The normalized spacial score (nSPS) is 10.6. The maximum Gasteiger partial charge on any atom is 0.187 e. The molecule has 0 spiro atoms. The van der Waals surface area contributed by atoms with Crippen LogP contribution in [0.25, 0.3) is 6.08 Å². The molecule has 0 atom stereocenters. The lowest BCUT2D eigenvalue weighted by molar-refractivity contribution is 0.104. The van der Waals surface area contributed by atoms with Gasteiger partial charge in [0.2, 0.25) is 0 Å². The first-order valence-corrected chi connectivity index (χ1v) is 6.07. The molecule has 0 amide bonds. The molecule has 0 radical (unpaired) electrons.